The zero-order chi connectivity index (χ0) is 12.1. The van der Waals surface area contributed by atoms with Crippen molar-refractivity contribution >= 4 is 28.8 Å². The summed E-state index contributed by atoms with van der Waals surface area (Å²) >= 11 is 7.14. The fourth-order valence-corrected chi connectivity index (χ4v) is 1.91. The fraction of sp³-hybridized carbons (Fsp3) is 0.200. The molecule has 0 aliphatic rings. The average molecular weight is 269 g/mol. The van der Waals surface area contributed by atoms with Crippen molar-refractivity contribution in [3.8, 4) is 0 Å². The van der Waals surface area contributed by atoms with E-state index >= 15 is 0 Å². The van der Waals surface area contributed by atoms with Gasteiger partial charge in [-0.05, 0) is 12.1 Å². The quantitative estimate of drug-likeness (QED) is 0.914. The summed E-state index contributed by atoms with van der Waals surface area (Å²) in [5.41, 5.74) is 0.258. The molecule has 2 aromatic rings. The second-order valence-electron chi connectivity index (χ2n) is 3.17. The lowest BCUT2D eigenvalue weighted by Crippen LogP contribution is -2.26. The van der Waals surface area contributed by atoms with Crippen LogP contribution in [0, 0.1) is 0 Å². The van der Waals surface area contributed by atoms with Gasteiger partial charge in [0.15, 0.2) is 10.8 Å². The summed E-state index contributed by atoms with van der Waals surface area (Å²) in [5, 5.41) is 13.2. The Hall–Kier alpha value is -1.53. The zero-order valence-electron chi connectivity index (χ0n) is 8.76. The third-order valence-electron chi connectivity index (χ3n) is 1.97. The van der Waals surface area contributed by atoms with Gasteiger partial charge in [0.25, 0.3) is 5.91 Å². The highest BCUT2D eigenvalue weighted by atomic mass is 35.5. The molecule has 0 unspecified atom stereocenters. The standard InChI is InChI=1S/C10H9ClN4OS/c11-8-2-1-7(14-15-8)10(16)13-4-3-9-12-5-6-17-9/h1-2,5-6H,3-4H2,(H,13,16). The molecule has 0 aliphatic carbocycles. The lowest BCUT2D eigenvalue weighted by Gasteiger charge is -2.02. The minimum atomic E-state index is -0.259. The van der Waals surface area contributed by atoms with E-state index in [1.165, 1.54) is 12.1 Å². The van der Waals surface area contributed by atoms with Gasteiger partial charge in [-0.3, -0.25) is 4.79 Å². The highest BCUT2D eigenvalue weighted by Gasteiger charge is 2.07. The Balaban J connectivity index is 1.83. The maximum atomic E-state index is 11.6. The molecule has 2 rings (SSSR count). The van der Waals surface area contributed by atoms with E-state index in [9.17, 15) is 4.79 Å². The van der Waals surface area contributed by atoms with Crippen LogP contribution in [-0.4, -0.2) is 27.6 Å². The maximum Gasteiger partial charge on any atom is 0.271 e. The highest BCUT2D eigenvalue weighted by molar-refractivity contribution is 7.09. The average Bonchev–Trinajstić information content (AvgIpc) is 2.83. The molecule has 5 nitrogen and oxygen atoms in total. The number of aromatic nitrogens is 3. The van der Waals surface area contributed by atoms with Gasteiger partial charge in [-0.2, -0.15) is 0 Å². The van der Waals surface area contributed by atoms with Crippen LogP contribution in [0.25, 0.3) is 0 Å². The van der Waals surface area contributed by atoms with Gasteiger partial charge in [0.05, 0.1) is 5.01 Å². The normalized spacial score (nSPS) is 10.2. The van der Waals surface area contributed by atoms with Gasteiger partial charge in [-0.25, -0.2) is 4.98 Å². The molecule has 1 N–H and O–H groups in total. The van der Waals surface area contributed by atoms with Crippen LogP contribution < -0.4 is 5.32 Å². The van der Waals surface area contributed by atoms with Crippen molar-refractivity contribution < 1.29 is 4.79 Å². The molecule has 0 fully saturated rings. The summed E-state index contributed by atoms with van der Waals surface area (Å²) < 4.78 is 0. The molecule has 1 amide bonds. The summed E-state index contributed by atoms with van der Waals surface area (Å²) in [5.74, 6) is -0.259. The topological polar surface area (TPSA) is 67.8 Å². The van der Waals surface area contributed by atoms with E-state index in [2.05, 4.69) is 20.5 Å². The monoisotopic (exact) mass is 268 g/mol. The first-order valence-electron chi connectivity index (χ1n) is 4.91. The summed E-state index contributed by atoms with van der Waals surface area (Å²) in [7, 11) is 0. The van der Waals surface area contributed by atoms with Gasteiger partial charge in [0.2, 0.25) is 0 Å². The van der Waals surface area contributed by atoms with Crippen molar-refractivity contribution in [2.75, 3.05) is 6.54 Å². The number of nitrogens with one attached hydrogen (secondary N) is 1. The zero-order valence-corrected chi connectivity index (χ0v) is 10.3. The van der Waals surface area contributed by atoms with Gasteiger partial charge in [-0.1, -0.05) is 11.6 Å². The van der Waals surface area contributed by atoms with Crippen molar-refractivity contribution in [1.82, 2.24) is 20.5 Å². The van der Waals surface area contributed by atoms with Crippen molar-refractivity contribution in [3.05, 3.63) is 39.6 Å². The third kappa shape index (κ3) is 3.47. The third-order valence-corrected chi connectivity index (χ3v) is 3.01. The number of thiazole rings is 1. The van der Waals surface area contributed by atoms with Gasteiger partial charge in [0.1, 0.15) is 0 Å². The molecular weight excluding hydrogens is 260 g/mol. The Morgan fingerprint density at radius 3 is 2.94 bits per heavy atom. The first-order chi connectivity index (χ1) is 8.25. The van der Waals surface area contributed by atoms with Crippen LogP contribution in [0.2, 0.25) is 5.15 Å². The summed E-state index contributed by atoms with van der Waals surface area (Å²) in [6, 6.07) is 3.07. The number of carbonyl (C=O) groups excluding carboxylic acids is 1. The Morgan fingerprint density at radius 2 is 2.29 bits per heavy atom. The van der Waals surface area contributed by atoms with Crippen molar-refractivity contribution in [1.29, 1.82) is 0 Å². The van der Waals surface area contributed by atoms with E-state index in [0.29, 0.717) is 13.0 Å². The van der Waals surface area contributed by atoms with Crippen LogP contribution in [0.4, 0.5) is 0 Å². The second-order valence-corrected chi connectivity index (χ2v) is 4.54. The molecule has 0 aliphatic heterocycles. The Morgan fingerprint density at radius 1 is 1.41 bits per heavy atom. The first-order valence-corrected chi connectivity index (χ1v) is 6.17. The molecular formula is C10H9ClN4OS. The number of halogens is 1. The molecule has 0 radical (unpaired) electrons. The van der Waals surface area contributed by atoms with E-state index in [1.807, 2.05) is 5.38 Å². The van der Waals surface area contributed by atoms with Crippen LogP contribution >= 0.6 is 22.9 Å². The lowest BCUT2D eigenvalue weighted by atomic mass is 10.3. The Bertz CT molecular complexity index is 486. The second kappa shape index (κ2) is 5.70. The minimum absolute atomic E-state index is 0.258. The van der Waals surface area contributed by atoms with E-state index in [1.54, 1.807) is 17.5 Å². The van der Waals surface area contributed by atoms with Gasteiger partial charge in [0, 0.05) is 24.5 Å². The molecule has 88 valence electrons. The number of carbonyl (C=O) groups is 1. The minimum Gasteiger partial charge on any atom is -0.350 e. The van der Waals surface area contributed by atoms with Crippen LogP contribution in [-0.2, 0) is 6.42 Å². The summed E-state index contributed by atoms with van der Waals surface area (Å²) in [6.07, 6.45) is 2.46. The summed E-state index contributed by atoms with van der Waals surface area (Å²) in [6.45, 7) is 0.524. The SMILES string of the molecule is O=C(NCCc1nccs1)c1ccc(Cl)nn1. The molecule has 0 saturated carbocycles. The number of hydrogen-bond donors (Lipinski definition) is 1. The van der Waals surface area contributed by atoms with Crippen LogP contribution in [0.1, 0.15) is 15.5 Å². The lowest BCUT2D eigenvalue weighted by molar-refractivity contribution is 0.0948. The first kappa shape index (κ1) is 11.9. The Labute approximate surface area is 107 Å². The van der Waals surface area contributed by atoms with Crippen LogP contribution in [0.5, 0.6) is 0 Å². The molecule has 0 spiro atoms. The van der Waals surface area contributed by atoms with E-state index in [-0.39, 0.29) is 16.8 Å². The van der Waals surface area contributed by atoms with E-state index in [4.69, 9.17) is 11.6 Å². The summed E-state index contributed by atoms with van der Waals surface area (Å²) in [4.78, 5) is 15.7. The molecule has 7 heteroatoms. The molecule has 2 heterocycles. The van der Waals surface area contributed by atoms with Crippen molar-refractivity contribution in [3.63, 3.8) is 0 Å². The van der Waals surface area contributed by atoms with E-state index in [0.717, 1.165) is 5.01 Å². The Kier molecular flexibility index (Phi) is 4.00. The van der Waals surface area contributed by atoms with Crippen molar-refractivity contribution in [2.45, 2.75) is 6.42 Å². The van der Waals surface area contributed by atoms with Crippen molar-refractivity contribution in [2.24, 2.45) is 0 Å². The maximum absolute atomic E-state index is 11.6. The number of rotatable bonds is 4. The molecule has 0 saturated heterocycles. The van der Waals surface area contributed by atoms with E-state index < -0.39 is 0 Å². The number of amides is 1. The predicted molar refractivity (Wildman–Crippen MR) is 65.2 cm³/mol. The number of nitrogens with zero attached hydrogens (tertiary/aromatic N) is 3. The van der Waals surface area contributed by atoms with Gasteiger partial charge >= 0.3 is 0 Å². The number of hydrogen-bond acceptors (Lipinski definition) is 5. The predicted octanol–water partition coefficient (Wildman–Crippen LogP) is 1.56. The van der Waals surface area contributed by atoms with Crippen LogP contribution in [0.3, 0.4) is 0 Å². The van der Waals surface area contributed by atoms with Crippen LogP contribution in [0.15, 0.2) is 23.7 Å². The molecule has 0 aromatic carbocycles. The highest BCUT2D eigenvalue weighted by Crippen LogP contribution is 2.04. The molecule has 0 atom stereocenters. The van der Waals surface area contributed by atoms with Gasteiger partial charge in [-0.15, -0.1) is 21.5 Å². The molecule has 0 bridgehead atoms. The smallest absolute Gasteiger partial charge is 0.271 e. The molecule has 17 heavy (non-hydrogen) atoms. The molecule has 2 aromatic heterocycles. The van der Waals surface area contributed by atoms with Gasteiger partial charge < -0.3 is 5.32 Å². The fourth-order valence-electron chi connectivity index (χ4n) is 1.19. The largest absolute Gasteiger partial charge is 0.350 e.